The average Bonchev–Trinajstić information content (AvgIpc) is 2.01. The van der Waals surface area contributed by atoms with Gasteiger partial charge in [0.1, 0.15) is 12.2 Å². The molecule has 3 atom stereocenters. The van der Waals surface area contributed by atoms with Crippen LogP contribution in [0.5, 0.6) is 0 Å². The highest BCUT2D eigenvalue weighted by molar-refractivity contribution is 5.77. The second-order valence-corrected chi connectivity index (χ2v) is 2.65. The highest BCUT2D eigenvalue weighted by Gasteiger charge is 2.42. The molecular formula is C6H12O6. The van der Waals surface area contributed by atoms with Gasteiger partial charge in [0.15, 0.2) is 5.60 Å². The zero-order valence-electron chi connectivity index (χ0n) is 6.51. The van der Waals surface area contributed by atoms with E-state index in [-0.39, 0.29) is 0 Å². The molecule has 0 aromatic rings. The number of hydrogen-bond acceptors (Lipinski definition) is 5. The quantitative estimate of drug-likeness (QED) is 0.327. The van der Waals surface area contributed by atoms with Crippen molar-refractivity contribution in [1.82, 2.24) is 0 Å². The minimum absolute atomic E-state index is 0.815. The Balaban J connectivity index is 4.44. The summed E-state index contributed by atoms with van der Waals surface area (Å²) in [5, 5.41) is 43.5. The normalized spacial score (nSPS) is 21.1. The van der Waals surface area contributed by atoms with Crippen molar-refractivity contribution in [3.05, 3.63) is 0 Å². The smallest absolute Gasteiger partial charge is 0.338 e. The van der Waals surface area contributed by atoms with Crippen molar-refractivity contribution >= 4 is 5.97 Å². The fourth-order valence-corrected chi connectivity index (χ4v) is 0.601. The van der Waals surface area contributed by atoms with Crippen molar-refractivity contribution < 1.29 is 30.3 Å². The van der Waals surface area contributed by atoms with E-state index < -0.39 is 30.4 Å². The first-order valence-electron chi connectivity index (χ1n) is 3.26. The molecule has 0 saturated heterocycles. The highest BCUT2D eigenvalue weighted by atomic mass is 16.4. The molecule has 0 bridgehead atoms. The van der Waals surface area contributed by atoms with E-state index >= 15 is 0 Å². The first kappa shape index (κ1) is 11.3. The molecule has 0 saturated carbocycles. The summed E-state index contributed by atoms with van der Waals surface area (Å²) < 4.78 is 0. The lowest BCUT2D eigenvalue weighted by molar-refractivity contribution is -0.179. The van der Waals surface area contributed by atoms with Crippen molar-refractivity contribution in [2.45, 2.75) is 24.7 Å². The molecule has 0 rings (SSSR count). The van der Waals surface area contributed by atoms with Gasteiger partial charge in [-0.2, -0.15) is 0 Å². The molecule has 5 N–H and O–H groups in total. The molecule has 0 spiro atoms. The molecule has 72 valence electrons. The van der Waals surface area contributed by atoms with Gasteiger partial charge >= 0.3 is 5.97 Å². The second kappa shape index (κ2) is 3.81. The third-order valence-corrected chi connectivity index (χ3v) is 1.56. The average molecular weight is 180 g/mol. The Labute approximate surface area is 68.7 Å². The number of carboxylic acid groups (broad SMARTS) is 1. The molecule has 0 aliphatic carbocycles. The predicted octanol–water partition coefficient (Wildman–Crippen LogP) is -2.46. The molecule has 6 heteroatoms. The maximum absolute atomic E-state index is 10.3. The largest absolute Gasteiger partial charge is 0.479 e. The molecule has 0 amide bonds. The Hall–Kier alpha value is -0.690. The predicted molar refractivity (Wildman–Crippen MR) is 37.4 cm³/mol. The summed E-state index contributed by atoms with van der Waals surface area (Å²) in [5.74, 6) is -1.66. The van der Waals surface area contributed by atoms with Crippen LogP contribution < -0.4 is 0 Å². The minimum Gasteiger partial charge on any atom is -0.479 e. The molecule has 6 nitrogen and oxygen atoms in total. The SMILES string of the molecule is C[C@@](O)(C(=O)O)[C@@H](O)[C@H](O)CO. The molecule has 0 aromatic carbocycles. The van der Waals surface area contributed by atoms with Gasteiger partial charge < -0.3 is 25.5 Å². The maximum Gasteiger partial charge on any atom is 0.338 e. The molecule has 0 radical (unpaired) electrons. The van der Waals surface area contributed by atoms with Gasteiger partial charge in [0.25, 0.3) is 0 Å². The lowest BCUT2D eigenvalue weighted by Gasteiger charge is -2.27. The summed E-state index contributed by atoms with van der Waals surface area (Å²) in [6.45, 7) is 0.0173. The van der Waals surface area contributed by atoms with Crippen LogP contribution in [0, 0.1) is 0 Å². The second-order valence-electron chi connectivity index (χ2n) is 2.65. The van der Waals surface area contributed by atoms with Crippen LogP contribution >= 0.6 is 0 Å². The first-order chi connectivity index (χ1) is 5.34. The van der Waals surface area contributed by atoms with Crippen LogP contribution in [0.3, 0.4) is 0 Å². The van der Waals surface area contributed by atoms with Crippen LogP contribution in [0.25, 0.3) is 0 Å². The van der Waals surface area contributed by atoms with E-state index in [0.29, 0.717) is 0 Å². The molecule has 0 unspecified atom stereocenters. The summed E-state index contributed by atoms with van der Waals surface area (Å²) in [6, 6.07) is 0. The minimum atomic E-state index is -2.46. The van der Waals surface area contributed by atoms with Crippen LogP contribution in [0.2, 0.25) is 0 Å². The van der Waals surface area contributed by atoms with E-state index in [0.717, 1.165) is 6.92 Å². The number of hydrogen-bond donors (Lipinski definition) is 5. The van der Waals surface area contributed by atoms with Crippen molar-refractivity contribution in [2.24, 2.45) is 0 Å². The van der Waals surface area contributed by atoms with E-state index in [9.17, 15) is 4.79 Å². The van der Waals surface area contributed by atoms with Gasteiger partial charge in [-0.15, -0.1) is 0 Å². The Morgan fingerprint density at radius 2 is 1.92 bits per heavy atom. The number of aliphatic carboxylic acids is 1. The van der Waals surface area contributed by atoms with Gasteiger partial charge in [0.05, 0.1) is 6.61 Å². The molecule has 0 aliphatic rings. The van der Waals surface area contributed by atoms with Crippen LogP contribution in [0.15, 0.2) is 0 Å². The van der Waals surface area contributed by atoms with Gasteiger partial charge in [-0.3, -0.25) is 0 Å². The van der Waals surface area contributed by atoms with E-state index in [1.807, 2.05) is 0 Å². The molecule has 0 fully saturated rings. The summed E-state index contributed by atoms with van der Waals surface area (Å²) >= 11 is 0. The molecule has 0 aromatic heterocycles. The highest BCUT2D eigenvalue weighted by Crippen LogP contribution is 2.13. The Morgan fingerprint density at radius 3 is 2.17 bits per heavy atom. The van der Waals surface area contributed by atoms with E-state index in [1.54, 1.807) is 0 Å². The first-order valence-corrected chi connectivity index (χ1v) is 3.26. The monoisotopic (exact) mass is 180 g/mol. The van der Waals surface area contributed by atoms with Crippen molar-refractivity contribution in [2.75, 3.05) is 6.61 Å². The fraction of sp³-hybridized carbons (Fsp3) is 0.833. The summed E-state index contributed by atoms with van der Waals surface area (Å²) in [4.78, 5) is 10.3. The van der Waals surface area contributed by atoms with Gasteiger partial charge in [0, 0.05) is 0 Å². The van der Waals surface area contributed by atoms with Crippen LogP contribution in [-0.2, 0) is 4.79 Å². The lowest BCUT2D eigenvalue weighted by atomic mass is 9.95. The van der Waals surface area contributed by atoms with E-state index in [1.165, 1.54) is 0 Å². The van der Waals surface area contributed by atoms with Gasteiger partial charge in [0.2, 0.25) is 0 Å². The van der Waals surface area contributed by atoms with Crippen LogP contribution in [-0.4, -0.2) is 55.9 Å². The molecular weight excluding hydrogens is 168 g/mol. The Morgan fingerprint density at radius 1 is 1.50 bits per heavy atom. The third-order valence-electron chi connectivity index (χ3n) is 1.56. The van der Waals surface area contributed by atoms with Crippen LogP contribution in [0.1, 0.15) is 6.92 Å². The maximum atomic E-state index is 10.3. The van der Waals surface area contributed by atoms with Gasteiger partial charge in [-0.25, -0.2) is 4.79 Å². The third kappa shape index (κ3) is 2.15. The lowest BCUT2D eigenvalue weighted by Crippen LogP contribution is -2.53. The van der Waals surface area contributed by atoms with Crippen molar-refractivity contribution in [3.8, 4) is 0 Å². The van der Waals surface area contributed by atoms with Crippen LogP contribution in [0.4, 0.5) is 0 Å². The zero-order chi connectivity index (χ0) is 9.94. The molecule has 12 heavy (non-hydrogen) atoms. The van der Waals surface area contributed by atoms with Gasteiger partial charge in [-0.1, -0.05) is 0 Å². The summed E-state index contributed by atoms with van der Waals surface area (Å²) in [6.07, 6.45) is -3.59. The standard InChI is InChI=1S/C6H12O6/c1-6(12,5(10)11)4(9)3(8)2-7/h3-4,7-9,12H,2H2,1H3,(H,10,11)/t3-,4+,6+/m1/s1. The molecule has 0 aliphatic heterocycles. The number of aliphatic hydroxyl groups is 4. The zero-order valence-corrected chi connectivity index (χ0v) is 6.51. The number of aliphatic hydroxyl groups excluding tert-OH is 3. The number of carboxylic acids is 1. The van der Waals surface area contributed by atoms with Crippen molar-refractivity contribution in [1.29, 1.82) is 0 Å². The van der Waals surface area contributed by atoms with E-state index in [2.05, 4.69) is 0 Å². The number of rotatable bonds is 4. The van der Waals surface area contributed by atoms with E-state index in [4.69, 9.17) is 25.5 Å². The fourth-order valence-electron chi connectivity index (χ4n) is 0.601. The van der Waals surface area contributed by atoms with Crippen molar-refractivity contribution in [3.63, 3.8) is 0 Å². The molecule has 0 heterocycles. The number of carbonyl (C=O) groups is 1. The topological polar surface area (TPSA) is 118 Å². The summed E-state index contributed by atoms with van der Waals surface area (Å²) in [7, 11) is 0. The summed E-state index contributed by atoms with van der Waals surface area (Å²) in [5.41, 5.74) is -2.46. The Kier molecular flexibility index (Phi) is 3.59. The van der Waals surface area contributed by atoms with Gasteiger partial charge in [-0.05, 0) is 6.92 Å². The Bertz CT molecular complexity index is 165.